The molecule has 0 fully saturated rings. The lowest BCUT2D eigenvalue weighted by Gasteiger charge is -1.97. The molecule has 0 amide bonds. The number of hydrogen-bond donors (Lipinski definition) is 0. The average Bonchev–Trinajstić information content (AvgIpc) is 2.74. The van der Waals surface area contributed by atoms with Gasteiger partial charge in [0.1, 0.15) is 0 Å². The number of rotatable bonds is 2. The van der Waals surface area contributed by atoms with Gasteiger partial charge < -0.3 is 0 Å². The number of aryl methyl sites for hydroxylation is 1. The van der Waals surface area contributed by atoms with E-state index in [0.717, 1.165) is 22.8 Å². The van der Waals surface area contributed by atoms with Crippen molar-refractivity contribution in [3.05, 3.63) is 28.5 Å². The van der Waals surface area contributed by atoms with Gasteiger partial charge in [-0.3, -0.25) is 4.79 Å². The van der Waals surface area contributed by atoms with Crippen LogP contribution in [-0.2, 0) is 0 Å². The van der Waals surface area contributed by atoms with E-state index >= 15 is 0 Å². The molecule has 72 valence electrons. The Labute approximate surface area is 85.2 Å². The zero-order valence-corrected chi connectivity index (χ0v) is 8.71. The van der Waals surface area contributed by atoms with E-state index in [2.05, 4.69) is 10.1 Å². The highest BCUT2D eigenvalue weighted by molar-refractivity contribution is 7.12. The Kier molecular flexibility index (Phi) is 2.17. The lowest BCUT2D eigenvalue weighted by atomic mass is 10.2. The summed E-state index contributed by atoms with van der Waals surface area (Å²) >= 11 is 1.50. The number of carbonyl (C=O) groups is 1. The fourth-order valence-electron chi connectivity index (χ4n) is 1.33. The van der Waals surface area contributed by atoms with E-state index in [-0.39, 0.29) is 0 Å². The Morgan fingerprint density at radius 2 is 2.29 bits per heavy atom. The Morgan fingerprint density at radius 1 is 1.50 bits per heavy atom. The molecule has 0 bridgehead atoms. The second kappa shape index (κ2) is 3.34. The minimum atomic E-state index is 0.653. The highest BCUT2D eigenvalue weighted by Gasteiger charge is 2.12. The minimum Gasteiger partial charge on any atom is -0.298 e. The van der Waals surface area contributed by atoms with Gasteiger partial charge in [0, 0.05) is 11.6 Å². The fraction of sp³-hybridized carbons (Fsp3) is 0.222. The number of thiazole rings is 1. The third kappa shape index (κ3) is 1.26. The second-order valence-electron chi connectivity index (χ2n) is 2.93. The monoisotopic (exact) mass is 207 g/mol. The van der Waals surface area contributed by atoms with Gasteiger partial charge in [0.05, 0.1) is 17.0 Å². The van der Waals surface area contributed by atoms with Crippen molar-refractivity contribution in [2.24, 2.45) is 0 Å². The van der Waals surface area contributed by atoms with Crippen molar-refractivity contribution in [1.29, 1.82) is 0 Å². The third-order valence-corrected chi connectivity index (χ3v) is 2.81. The summed E-state index contributed by atoms with van der Waals surface area (Å²) < 4.78 is 1.70. The van der Waals surface area contributed by atoms with Gasteiger partial charge in [-0.05, 0) is 13.8 Å². The smallest absolute Gasteiger partial charge is 0.210 e. The van der Waals surface area contributed by atoms with E-state index in [4.69, 9.17) is 0 Å². The summed E-state index contributed by atoms with van der Waals surface area (Å²) in [6, 6.07) is 0. The Morgan fingerprint density at radius 3 is 2.79 bits per heavy atom. The molecular weight excluding hydrogens is 198 g/mol. The average molecular weight is 207 g/mol. The number of aldehydes is 1. The van der Waals surface area contributed by atoms with E-state index in [1.165, 1.54) is 11.3 Å². The summed E-state index contributed by atoms with van der Waals surface area (Å²) in [5.41, 5.74) is 2.24. The van der Waals surface area contributed by atoms with Gasteiger partial charge in [-0.1, -0.05) is 0 Å². The van der Waals surface area contributed by atoms with Crippen molar-refractivity contribution in [1.82, 2.24) is 14.8 Å². The number of aromatic nitrogens is 3. The first-order valence-electron chi connectivity index (χ1n) is 4.15. The highest BCUT2D eigenvalue weighted by atomic mass is 32.1. The zero-order chi connectivity index (χ0) is 10.1. The van der Waals surface area contributed by atoms with E-state index in [1.807, 2.05) is 19.2 Å². The Balaban J connectivity index is 2.61. The van der Waals surface area contributed by atoms with Crippen LogP contribution < -0.4 is 0 Å². The largest absolute Gasteiger partial charge is 0.298 e. The number of carbonyl (C=O) groups excluding carboxylic acids is 1. The first-order valence-corrected chi connectivity index (χ1v) is 5.03. The maximum Gasteiger partial charge on any atom is 0.210 e. The predicted molar refractivity (Wildman–Crippen MR) is 54.1 cm³/mol. The van der Waals surface area contributed by atoms with Crippen LogP contribution in [0.15, 0.2) is 11.6 Å². The van der Waals surface area contributed by atoms with Crippen molar-refractivity contribution in [3.63, 3.8) is 0 Å². The van der Waals surface area contributed by atoms with Gasteiger partial charge in [-0.2, -0.15) is 5.10 Å². The van der Waals surface area contributed by atoms with E-state index in [9.17, 15) is 4.79 Å². The molecule has 2 heterocycles. The first-order chi connectivity index (χ1) is 6.74. The molecular formula is C9H9N3OS. The lowest BCUT2D eigenvalue weighted by molar-refractivity contribution is 0.112. The number of nitrogens with zero attached hydrogens (tertiary/aromatic N) is 3. The molecule has 0 saturated heterocycles. The lowest BCUT2D eigenvalue weighted by Crippen LogP contribution is -1.98. The summed E-state index contributed by atoms with van der Waals surface area (Å²) in [7, 11) is 0. The van der Waals surface area contributed by atoms with Gasteiger partial charge in [0.2, 0.25) is 5.13 Å². The van der Waals surface area contributed by atoms with Gasteiger partial charge in [-0.15, -0.1) is 11.3 Å². The second-order valence-corrected chi connectivity index (χ2v) is 3.80. The van der Waals surface area contributed by atoms with Crippen LogP contribution >= 0.6 is 11.3 Å². The molecule has 5 heteroatoms. The predicted octanol–water partition coefficient (Wildman–Crippen LogP) is 1.76. The van der Waals surface area contributed by atoms with Crippen LogP contribution in [0.3, 0.4) is 0 Å². The van der Waals surface area contributed by atoms with Crippen LogP contribution in [-0.4, -0.2) is 21.1 Å². The van der Waals surface area contributed by atoms with Crippen LogP contribution in [0.5, 0.6) is 0 Å². The zero-order valence-electron chi connectivity index (χ0n) is 7.89. The van der Waals surface area contributed by atoms with Crippen LogP contribution in [0.4, 0.5) is 0 Å². The van der Waals surface area contributed by atoms with Crippen LogP contribution in [0.25, 0.3) is 5.13 Å². The summed E-state index contributed by atoms with van der Waals surface area (Å²) in [5, 5.41) is 6.93. The molecule has 0 aromatic carbocycles. The molecule has 0 aliphatic heterocycles. The molecule has 4 nitrogen and oxygen atoms in total. The van der Waals surface area contributed by atoms with E-state index < -0.39 is 0 Å². The van der Waals surface area contributed by atoms with Crippen molar-refractivity contribution in [3.8, 4) is 5.13 Å². The summed E-state index contributed by atoms with van der Waals surface area (Å²) in [5.74, 6) is 0. The summed E-state index contributed by atoms with van der Waals surface area (Å²) in [6.07, 6.45) is 2.55. The van der Waals surface area contributed by atoms with Crippen molar-refractivity contribution in [2.75, 3.05) is 0 Å². The van der Waals surface area contributed by atoms with Crippen LogP contribution in [0, 0.1) is 13.8 Å². The van der Waals surface area contributed by atoms with Crippen LogP contribution in [0.2, 0.25) is 0 Å². The summed E-state index contributed by atoms with van der Waals surface area (Å²) in [6.45, 7) is 3.69. The molecule has 0 spiro atoms. The quantitative estimate of drug-likeness (QED) is 0.705. The standard InChI is InChI=1S/C9H9N3OS/c1-6-8(5-13)7(2)12(11-6)9-10-3-4-14-9/h3-5H,1-2H3. The molecule has 0 radical (unpaired) electrons. The van der Waals surface area contributed by atoms with Gasteiger partial charge in [0.25, 0.3) is 0 Å². The van der Waals surface area contributed by atoms with Gasteiger partial charge in [-0.25, -0.2) is 9.67 Å². The van der Waals surface area contributed by atoms with E-state index in [0.29, 0.717) is 5.56 Å². The molecule has 2 rings (SSSR count). The highest BCUT2D eigenvalue weighted by Crippen LogP contribution is 2.17. The summed E-state index contributed by atoms with van der Waals surface area (Å²) in [4.78, 5) is 14.9. The molecule has 0 N–H and O–H groups in total. The third-order valence-electron chi connectivity index (χ3n) is 2.07. The molecule has 2 aromatic heterocycles. The topological polar surface area (TPSA) is 47.8 Å². The Hall–Kier alpha value is -1.49. The minimum absolute atomic E-state index is 0.653. The molecule has 0 aliphatic carbocycles. The van der Waals surface area contributed by atoms with Gasteiger partial charge in [0.15, 0.2) is 6.29 Å². The maximum atomic E-state index is 10.8. The molecule has 0 saturated carbocycles. The van der Waals surface area contributed by atoms with Crippen molar-refractivity contribution < 1.29 is 4.79 Å². The molecule has 14 heavy (non-hydrogen) atoms. The Bertz CT molecular complexity index is 459. The molecule has 0 aliphatic rings. The fourth-order valence-corrected chi connectivity index (χ4v) is 1.97. The molecule has 0 unspecified atom stereocenters. The maximum absolute atomic E-state index is 10.8. The molecule has 0 atom stereocenters. The van der Waals surface area contributed by atoms with E-state index in [1.54, 1.807) is 10.9 Å². The number of hydrogen-bond acceptors (Lipinski definition) is 4. The van der Waals surface area contributed by atoms with Crippen molar-refractivity contribution >= 4 is 17.6 Å². The molecule has 2 aromatic rings. The first kappa shape index (κ1) is 9.08. The van der Waals surface area contributed by atoms with Gasteiger partial charge >= 0.3 is 0 Å². The SMILES string of the molecule is Cc1nn(-c2nccs2)c(C)c1C=O. The van der Waals surface area contributed by atoms with Crippen LogP contribution in [0.1, 0.15) is 21.7 Å². The normalized spacial score (nSPS) is 10.4. The van der Waals surface area contributed by atoms with Crippen molar-refractivity contribution in [2.45, 2.75) is 13.8 Å².